The third kappa shape index (κ3) is 6.83. The van der Waals surface area contributed by atoms with Gasteiger partial charge in [-0.25, -0.2) is 4.79 Å². The van der Waals surface area contributed by atoms with Gasteiger partial charge in [-0.15, -0.1) is 0 Å². The molecule has 2 aromatic carbocycles. The van der Waals surface area contributed by atoms with Gasteiger partial charge in [-0.3, -0.25) is 18.7 Å². The largest absolute Gasteiger partial charge is 0.488 e. The zero-order chi connectivity index (χ0) is 31.2. The third-order valence-electron chi connectivity index (χ3n) is 8.86. The maximum absolute atomic E-state index is 12.8. The Bertz CT molecular complexity index is 1630. The van der Waals surface area contributed by atoms with E-state index in [9.17, 15) is 14.4 Å². The third-order valence-corrected chi connectivity index (χ3v) is 8.86. The molecule has 3 aromatic rings. The SMILES string of the molecule is CCn1c(N2CCC(CN(C)CC/C=C3/c4ccccc4COc4ccc(CC(=O)OC)cc43)CC2)cc(=O)n(CC)c1=O. The molecule has 0 bridgehead atoms. The first kappa shape index (κ1) is 31.3. The molecule has 0 amide bonds. The number of piperidine rings is 1. The summed E-state index contributed by atoms with van der Waals surface area (Å²) in [5.74, 6) is 1.85. The van der Waals surface area contributed by atoms with Crippen LogP contribution in [0.3, 0.4) is 0 Å². The molecule has 0 N–H and O–H groups in total. The molecule has 9 nitrogen and oxygen atoms in total. The number of benzene rings is 2. The number of hydrogen-bond donors (Lipinski definition) is 0. The quantitative estimate of drug-likeness (QED) is 0.320. The summed E-state index contributed by atoms with van der Waals surface area (Å²) in [5.41, 5.74) is 4.89. The molecule has 3 heterocycles. The van der Waals surface area contributed by atoms with Gasteiger partial charge in [-0.05, 0) is 80.5 Å². The number of fused-ring (bicyclic) bond motifs is 2. The molecule has 0 spiro atoms. The minimum absolute atomic E-state index is 0.220. The lowest BCUT2D eigenvalue weighted by atomic mass is 9.92. The number of hydrogen-bond acceptors (Lipinski definition) is 7. The second kappa shape index (κ2) is 14.1. The van der Waals surface area contributed by atoms with Crippen molar-refractivity contribution in [3.63, 3.8) is 0 Å². The van der Waals surface area contributed by atoms with Crippen LogP contribution in [0.15, 0.2) is 64.2 Å². The minimum Gasteiger partial charge on any atom is -0.488 e. The summed E-state index contributed by atoms with van der Waals surface area (Å²) in [6.07, 6.45) is 5.42. The number of anilines is 1. The van der Waals surface area contributed by atoms with E-state index in [0.717, 1.165) is 84.8 Å². The van der Waals surface area contributed by atoms with E-state index < -0.39 is 0 Å². The fourth-order valence-electron chi connectivity index (χ4n) is 6.45. The monoisotopic (exact) mass is 600 g/mol. The fourth-order valence-corrected chi connectivity index (χ4v) is 6.45. The van der Waals surface area contributed by atoms with Crippen LogP contribution in [0.4, 0.5) is 5.82 Å². The number of methoxy groups -OCH3 is 1. The number of carbonyl (C=O) groups excluding carboxylic acids is 1. The van der Waals surface area contributed by atoms with Gasteiger partial charge in [0.15, 0.2) is 0 Å². The zero-order valence-corrected chi connectivity index (χ0v) is 26.4. The van der Waals surface area contributed by atoms with Crippen LogP contribution in [0.5, 0.6) is 5.75 Å². The van der Waals surface area contributed by atoms with E-state index in [0.29, 0.717) is 25.6 Å². The van der Waals surface area contributed by atoms with Crippen LogP contribution in [0, 0.1) is 5.92 Å². The van der Waals surface area contributed by atoms with E-state index in [2.05, 4.69) is 47.2 Å². The normalized spacial score (nSPS) is 15.9. The topological polar surface area (TPSA) is 86.0 Å². The van der Waals surface area contributed by atoms with Crippen molar-refractivity contribution >= 4 is 17.4 Å². The van der Waals surface area contributed by atoms with Gasteiger partial charge in [-0.2, -0.15) is 0 Å². The van der Waals surface area contributed by atoms with Crippen molar-refractivity contribution in [1.82, 2.24) is 14.0 Å². The fraction of sp³-hybridized carbons (Fsp3) is 0.457. The molecule has 9 heteroatoms. The number of esters is 1. The lowest BCUT2D eigenvalue weighted by molar-refractivity contribution is -0.139. The Morgan fingerprint density at radius 2 is 1.77 bits per heavy atom. The Labute approximate surface area is 259 Å². The molecule has 0 aliphatic carbocycles. The van der Waals surface area contributed by atoms with Gasteiger partial charge in [-0.1, -0.05) is 36.4 Å². The highest BCUT2D eigenvalue weighted by Crippen LogP contribution is 2.37. The van der Waals surface area contributed by atoms with Gasteiger partial charge >= 0.3 is 11.7 Å². The van der Waals surface area contributed by atoms with E-state index in [1.165, 1.54) is 11.7 Å². The summed E-state index contributed by atoms with van der Waals surface area (Å²) in [6, 6.07) is 15.9. The minimum atomic E-state index is -0.263. The van der Waals surface area contributed by atoms with Crippen molar-refractivity contribution in [2.24, 2.45) is 5.92 Å². The van der Waals surface area contributed by atoms with Crippen LogP contribution in [0.1, 0.15) is 55.4 Å². The van der Waals surface area contributed by atoms with E-state index in [-0.39, 0.29) is 23.6 Å². The molecule has 2 aliphatic heterocycles. The molecular formula is C35H44N4O5. The van der Waals surface area contributed by atoms with Crippen LogP contribution >= 0.6 is 0 Å². The lowest BCUT2D eigenvalue weighted by Gasteiger charge is -2.36. The summed E-state index contributed by atoms with van der Waals surface area (Å²) in [5, 5.41) is 0. The number of nitrogens with zero attached hydrogens (tertiary/aromatic N) is 4. The molecule has 234 valence electrons. The van der Waals surface area contributed by atoms with Crippen molar-refractivity contribution in [2.45, 2.75) is 59.2 Å². The van der Waals surface area contributed by atoms with Gasteiger partial charge in [0, 0.05) is 50.9 Å². The molecule has 1 saturated heterocycles. The van der Waals surface area contributed by atoms with E-state index in [1.54, 1.807) is 10.6 Å². The highest BCUT2D eigenvalue weighted by atomic mass is 16.5. The molecule has 0 saturated carbocycles. The van der Waals surface area contributed by atoms with Gasteiger partial charge in [0.25, 0.3) is 5.56 Å². The Balaban J connectivity index is 1.24. The van der Waals surface area contributed by atoms with Gasteiger partial charge in [0.1, 0.15) is 18.2 Å². The summed E-state index contributed by atoms with van der Waals surface area (Å²) >= 11 is 0. The lowest BCUT2D eigenvalue weighted by Crippen LogP contribution is -2.45. The standard InChI is InChI=1S/C35H44N4O5/c1-5-38-32(22-33(40)39(6-2)35(38)42)37-18-15-25(16-19-37)23-36(3)17-9-12-29-28-11-8-7-10-27(28)24-44-31-14-13-26(20-30(29)31)21-34(41)43-4/h7-8,10-14,20,22,25H,5-6,9,15-19,21,23-24H2,1-4H3/b29-12-. The maximum atomic E-state index is 12.8. The average molecular weight is 601 g/mol. The first-order valence-electron chi connectivity index (χ1n) is 15.7. The average Bonchev–Trinajstić information content (AvgIpc) is 3.18. The Morgan fingerprint density at radius 1 is 1.02 bits per heavy atom. The molecule has 0 unspecified atom stereocenters. The maximum Gasteiger partial charge on any atom is 0.332 e. The van der Waals surface area contributed by atoms with Crippen molar-refractivity contribution in [3.8, 4) is 5.75 Å². The Hall–Kier alpha value is -4.11. The van der Waals surface area contributed by atoms with Gasteiger partial charge in [0.05, 0.1) is 13.5 Å². The first-order valence-corrected chi connectivity index (χ1v) is 15.7. The van der Waals surface area contributed by atoms with Crippen molar-refractivity contribution < 1.29 is 14.3 Å². The second-order valence-electron chi connectivity index (χ2n) is 11.7. The smallest absolute Gasteiger partial charge is 0.332 e. The second-order valence-corrected chi connectivity index (χ2v) is 11.7. The molecule has 2 aliphatic rings. The molecule has 1 aromatic heterocycles. The van der Waals surface area contributed by atoms with Crippen molar-refractivity contribution in [2.75, 3.05) is 45.2 Å². The summed E-state index contributed by atoms with van der Waals surface area (Å²) in [4.78, 5) is 41.9. The van der Waals surface area contributed by atoms with E-state index in [1.807, 2.05) is 32.0 Å². The van der Waals surface area contributed by atoms with Crippen LogP contribution in [0.25, 0.3) is 5.57 Å². The molecule has 44 heavy (non-hydrogen) atoms. The number of carbonyl (C=O) groups is 1. The Kier molecular flexibility index (Phi) is 10.0. The summed E-state index contributed by atoms with van der Waals surface area (Å²) < 4.78 is 14.1. The molecule has 0 atom stereocenters. The van der Waals surface area contributed by atoms with Gasteiger partial charge in [0.2, 0.25) is 0 Å². The molecule has 0 radical (unpaired) electrons. The van der Waals surface area contributed by atoms with Crippen LogP contribution in [-0.4, -0.2) is 60.3 Å². The summed E-state index contributed by atoms with van der Waals surface area (Å²) in [6.45, 7) is 8.77. The zero-order valence-electron chi connectivity index (χ0n) is 26.4. The summed E-state index contributed by atoms with van der Waals surface area (Å²) in [7, 11) is 3.59. The van der Waals surface area contributed by atoms with Crippen molar-refractivity contribution in [3.05, 3.63) is 97.7 Å². The Morgan fingerprint density at radius 3 is 2.50 bits per heavy atom. The highest BCUT2D eigenvalue weighted by Gasteiger charge is 2.24. The van der Waals surface area contributed by atoms with Crippen molar-refractivity contribution in [1.29, 1.82) is 0 Å². The predicted molar refractivity (Wildman–Crippen MR) is 173 cm³/mol. The molecular weight excluding hydrogens is 556 g/mol. The number of rotatable bonds is 10. The molecule has 5 rings (SSSR count). The van der Waals surface area contributed by atoms with E-state index >= 15 is 0 Å². The van der Waals surface area contributed by atoms with E-state index in [4.69, 9.17) is 9.47 Å². The van der Waals surface area contributed by atoms with Crippen LogP contribution in [-0.2, 0) is 35.6 Å². The number of ether oxygens (including phenoxy) is 2. The molecule has 1 fully saturated rings. The van der Waals surface area contributed by atoms with Gasteiger partial charge < -0.3 is 19.3 Å². The first-order chi connectivity index (χ1) is 21.3. The predicted octanol–water partition coefficient (Wildman–Crippen LogP) is 4.33. The highest BCUT2D eigenvalue weighted by molar-refractivity contribution is 5.85. The number of aromatic nitrogens is 2. The van der Waals surface area contributed by atoms with Crippen LogP contribution < -0.4 is 20.9 Å². The van der Waals surface area contributed by atoms with Crippen LogP contribution in [0.2, 0.25) is 0 Å².